The molecule has 1 heterocycles. The van der Waals surface area contributed by atoms with Gasteiger partial charge in [-0.05, 0) is 36.8 Å². The van der Waals surface area contributed by atoms with E-state index in [1.807, 2.05) is 31.2 Å². The normalized spacial score (nSPS) is 11.2. The number of hydrogen-bond donors (Lipinski definition) is 0. The third-order valence-corrected chi connectivity index (χ3v) is 4.17. The topological polar surface area (TPSA) is 45.8 Å². The minimum Gasteiger partial charge on any atom is -0.350 e. The lowest BCUT2D eigenvalue weighted by atomic mass is 10.0. The number of nitrogens with zero attached hydrogens (tertiary/aromatic N) is 2. The number of aromatic nitrogens is 1. The molecule has 0 aliphatic carbocycles. The van der Waals surface area contributed by atoms with Gasteiger partial charge >= 0.3 is 0 Å². The SMILES string of the molecule is Cc1cccc(/C(C#N)=C\c2cc(C(=O)c3ccccc3F)cn2C)c1. The Bertz CT molecular complexity index is 1050. The van der Waals surface area contributed by atoms with Crippen molar-refractivity contribution in [2.75, 3.05) is 0 Å². The van der Waals surface area contributed by atoms with Crippen LogP contribution in [0.4, 0.5) is 4.39 Å². The maximum Gasteiger partial charge on any atom is 0.197 e. The highest BCUT2D eigenvalue weighted by molar-refractivity contribution is 6.09. The molecule has 128 valence electrons. The molecule has 0 aliphatic heterocycles. The molecule has 26 heavy (non-hydrogen) atoms. The van der Waals surface area contributed by atoms with E-state index in [1.165, 1.54) is 12.1 Å². The molecule has 3 rings (SSSR count). The molecule has 0 saturated heterocycles. The second kappa shape index (κ2) is 7.20. The molecule has 1 aromatic heterocycles. The summed E-state index contributed by atoms with van der Waals surface area (Å²) in [5.74, 6) is -0.927. The summed E-state index contributed by atoms with van der Waals surface area (Å²) in [5, 5.41) is 9.51. The Labute approximate surface area is 151 Å². The number of allylic oxidation sites excluding steroid dienone is 1. The van der Waals surface area contributed by atoms with Gasteiger partial charge in [0.1, 0.15) is 5.82 Å². The first-order chi connectivity index (χ1) is 12.5. The summed E-state index contributed by atoms with van der Waals surface area (Å²) in [7, 11) is 1.79. The summed E-state index contributed by atoms with van der Waals surface area (Å²) in [4.78, 5) is 12.6. The molecule has 3 aromatic rings. The third-order valence-electron chi connectivity index (χ3n) is 4.17. The Morgan fingerprint density at radius 2 is 1.88 bits per heavy atom. The summed E-state index contributed by atoms with van der Waals surface area (Å²) in [6.45, 7) is 1.96. The van der Waals surface area contributed by atoms with Crippen LogP contribution < -0.4 is 0 Å². The second-order valence-electron chi connectivity index (χ2n) is 6.11. The minimum absolute atomic E-state index is 0.0350. The Morgan fingerprint density at radius 3 is 2.58 bits per heavy atom. The molecule has 0 N–H and O–H groups in total. The monoisotopic (exact) mass is 344 g/mol. The van der Waals surface area contributed by atoms with Crippen LogP contribution in [-0.4, -0.2) is 10.4 Å². The molecule has 0 fully saturated rings. The van der Waals surface area contributed by atoms with Gasteiger partial charge in [-0.2, -0.15) is 5.26 Å². The quantitative estimate of drug-likeness (QED) is 0.506. The van der Waals surface area contributed by atoms with Crippen molar-refractivity contribution in [2.24, 2.45) is 7.05 Å². The van der Waals surface area contributed by atoms with E-state index in [9.17, 15) is 14.4 Å². The number of aryl methyl sites for hydroxylation is 2. The Kier molecular flexibility index (Phi) is 4.81. The van der Waals surface area contributed by atoms with E-state index in [1.54, 1.807) is 42.1 Å². The minimum atomic E-state index is -0.545. The average Bonchev–Trinajstić information content (AvgIpc) is 3.00. The smallest absolute Gasteiger partial charge is 0.197 e. The number of rotatable bonds is 4. The number of nitriles is 1. The van der Waals surface area contributed by atoms with Gasteiger partial charge in [-0.1, -0.05) is 42.0 Å². The lowest BCUT2D eigenvalue weighted by Gasteiger charge is -2.02. The van der Waals surface area contributed by atoms with E-state index >= 15 is 0 Å². The van der Waals surface area contributed by atoms with Crippen molar-refractivity contribution in [3.63, 3.8) is 0 Å². The molecule has 3 nitrogen and oxygen atoms in total. The van der Waals surface area contributed by atoms with E-state index < -0.39 is 5.82 Å². The van der Waals surface area contributed by atoms with Crippen LogP contribution in [0.1, 0.15) is 32.7 Å². The van der Waals surface area contributed by atoms with Crippen molar-refractivity contribution >= 4 is 17.4 Å². The molecule has 0 spiro atoms. The van der Waals surface area contributed by atoms with E-state index in [0.29, 0.717) is 16.8 Å². The van der Waals surface area contributed by atoms with Gasteiger partial charge in [-0.3, -0.25) is 4.79 Å². The van der Waals surface area contributed by atoms with Gasteiger partial charge < -0.3 is 4.57 Å². The summed E-state index contributed by atoms with van der Waals surface area (Å²) in [6, 6.07) is 17.4. The van der Waals surface area contributed by atoms with E-state index in [2.05, 4.69) is 6.07 Å². The van der Waals surface area contributed by atoms with Crippen molar-refractivity contribution < 1.29 is 9.18 Å². The first-order valence-electron chi connectivity index (χ1n) is 8.14. The first-order valence-corrected chi connectivity index (χ1v) is 8.14. The Balaban J connectivity index is 1.99. The van der Waals surface area contributed by atoms with Gasteiger partial charge in [0.15, 0.2) is 5.78 Å². The van der Waals surface area contributed by atoms with Gasteiger partial charge in [0.2, 0.25) is 0 Å². The second-order valence-corrected chi connectivity index (χ2v) is 6.11. The summed E-state index contributed by atoms with van der Waals surface area (Å²) in [5.41, 5.74) is 3.49. The Morgan fingerprint density at radius 1 is 1.12 bits per heavy atom. The van der Waals surface area contributed by atoms with Gasteiger partial charge in [0.25, 0.3) is 0 Å². The Hall–Kier alpha value is -3.45. The molecule has 0 amide bonds. The first kappa shape index (κ1) is 17.4. The van der Waals surface area contributed by atoms with Crippen LogP contribution in [0.3, 0.4) is 0 Å². The maximum atomic E-state index is 13.9. The van der Waals surface area contributed by atoms with Crippen molar-refractivity contribution in [1.29, 1.82) is 5.26 Å². The zero-order valence-corrected chi connectivity index (χ0v) is 14.5. The van der Waals surface area contributed by atoms with Gasteiger partial charge in [-0.15, -0.1) is 0 Å². The van der Waals surface area contributed by atoms with Gasteiger partial charge in [0, 0.05) is 24.5 Å². The lowest BCUT2D eigenvalue weighted by Crippen LogP contribution is -2.02. The maximum absolute atomic E-state index is 13.9. The highest BCUT2D eigenvalue weighted by atomic mass is 19.1. The predicted molar refractivity (Wildman–Crippen MR) is 99.9 cm³/mol. The number of carbonyl (C=O) groups excluding carboxylic acids is 1. The lowest BCUT2D eigenvalue weighted by molar-refractivity contribution is 0.103. The van der Waals surface area contributed by atoms with Crippen LogP contribution in [0.25, 0.3) is 11.6 Å². The van der Waals surface area contributed by atoms with Crippen LogP contribution in [0.15, 0.2) is 60.8 Å². The summed E-state index contributed by atoms with van der Waals surface area (Å²) < 4.78 is 15.6. The van der Waals surface area contributed by atoms with Crippen LogP contribution in [0.5, 0.6) is 0 Å². The van der Waals surface area contributed by atoms with Gasteiger partial charge in [0.05, 0.1) is 17.2 Å². The van der Waals surface area contributed by atoms with E-state index in [-0.39, 0.29) is 11.3 Å². The molecule has 0 atom stereocenters. The number of benzene rings is 2. The van der Waals surface area contributed by atoms with Crippen molar-refractivity contribution in [1.82, 2.24) is 4.57 Å². The zero-order valence-electron chi connectivity index (χ0n) is 14.5. The molecule has 0 bridgehead atoms. The summed E-state index contributed by atoms with van der Waals surface area (Å²) in [6.07, 6.45) is 3.37. The number of carbonyl (C=O) groups is 1. The van der Waals surface area contributed by atoms with Crippen molar-refractivity contribution in [3.05, 3.63) is 94.6 Å². The van der Waals surface area contributed by atoms with Crippen LogP contribution >= 0.6 is 0 Å². The van der Waals surface area contributed by atoms with Crippen LogP contribution in [-0.2, 0) is 7.05 Å². The summed E-state index contributed by atoms with van der Waals surface area (Å²) >= 11 is 0. The zero-order chi connectivity index (χ0) is 18.7. The molecular weight excluding hydrogens is 327 g/mol. The highest BCUT2D eigenvalue weighted by Crippen LogP contribution is 2.21. The fourth-order valence-corrected chi connectivity index (χ4v) is 2.79. The standard InChI is InChI=1S/C22H17FN2O/c1-15-6-5-7-16(10-15)17(13-24)11-19-12-18(14-25(19)2)22(26)20-8-3-4-9-21(20)23/h3-12,14H,1-2H3/b17-11-. The molecule has 0 saturated carbocycles. The largest absolute Gasteiger partial charge is 0.350 e. The molecule has 4 heteroatoms. The van der Waals surface area contributed by atoms with Gasteiger partial charge in [-0.25, -0.2) is 4.39 Å². The van der Waals surface area contributed by atoms with Crippen LogP contribution in [0, 0.1) is 24.1 Å². The van der Waals surface area contributed by atoms with E-state index in [4.69, 9.17) is 0 Å². The number of ketones is 1. The van der Waals surface area contributed by atoms with E-state index in [0.717, 1.165) is 11.1 Å². The number of hydrogen-bond acceptors (Lipinski definition) is 2. The predicted octanol–water partition coefficient (Wildman–Crippen LogP) is 4.77. The third kappa shape index (κ3) is 3.47. The highest BCUT2D eigenvalue weighted by Gasteiger charge is 2.16. The molecule has 0 aliphatic rings. The van der Waals surface area contributed by atoms with Crippen molar-refractivity contribution in [3.8, 4) is 6.07 Å². The average molecular weight is 344 g/mol. The fraction of sp³-hybridized carbons (Fsp3) is 0.0909. The molecular formula is C22H17FN2O. The van der Waals surface area contributed by atoms with Crippen LogP contribution in [0.2, 0.25) is 0 Å². The molecule has 2 aromatic carbocycles. The van der Waals surface area contributed by atoms with Crippen molar-refractivity contribution in [2.45, 2.75) is 6.92 Å². The number of halogens is 1. The fourth-order valence-electron chi connectivity index (χ4n) is 2.79. The molecule has 0 unspecified atom stereocenters. The molecule has 0 radical (unpaired) electrons.